The van der Waals surface area contributed by atoms with E-state index in [2.05, 4.69) is 0 Å². The largest absolute Gasteiger partial charge is 0.479 e. The fraction of sp³-hybridized carbons (Fsp3) is 0.857. The quantitative estimate of drug-likeness (QED) is 0.550. The molecule has 0 aromatic heterocycles. The number of rotatable bonds is 4. The van der Waals surface area contributed by atoms with E-state index in [1.54, 1.807) is 0 Å². The summed E-state index contributed by atoms with van der Waals surface area (Å²) in [5.74, 6) is -2.63. The molecule has 0 amide bonds. The standard InChI is InChI=1S/C7H12BO5P/c8-4-1-2-5(3-4)13-7(6(9)10)14(11)12/h4-5,7H,1-3,8H2,(H,9,10). The second-order valence-corrected chi connectivity index (χ2v) is 4.69. The zero-order valence-electron chi connectivity index (χ0n) is 7.88. The lowest BCUT2D eigenvalue weighted by molar-refractivity contribution is -0.147. The van der Waals surface area contributed by atoms with Crippen molar-refractivity contribution in [1.82, 2.24) is 0 Å². The maximum absolute atomic E-state index is 10.5. The van der Waals surface area contributed by atoms with Crippen molar-refractivity contribution in [1.29, 1.82) is 0 Å². The van der Waals surface area contributed by atoms with Gasteiger partial charge in [-0.2, -0.15) is 0 Å². The summed E-state index contributed by atoms with van der Waals surface area (Å²) in [7, 11) is -1.02. The van der Waals surface area contributed by atoms with E-state index in [1.165, 1.54) is 0 Å². The summed E-state index contributed by atoms with van der Waals surface area (Å²) in [6.07, 6.45) is 2.23. The monoisotopic (exact) mass is 218 g/mol. The van der Waals surface area contributed by atoms with Crippen LogP contribution >= 0.6 is 7.68 Å². The lowest BCUT2D eigenvalue weighted by Gasteiger charge is -2.12. The topological polar surface area (TPSA) is 80.7 Å². The molecule has 3 unspecified atom stereocenters. The maximum atomic E-state index is 10.5. The molecule has 1 saturated carbocycles. The van der Waals surface area contributed by atoms with Crippen molar-refractivity contribution in [3.63, 3.8) is 0 Å². The Morgan fingerprint density at radius 2 is 2.14 bits per heavy atom. The molecule has 1 N–H and O–H groups in total. The summed E-state index contributed by atoms with van der Waals surface area (Å²) < 4.78 is 26.1. The van der Waals surface area contributed by atoms with Gasteiger partial charge >= 0.3 is 13.6 Å². The first kappa shape index (κ1) is 11.5. The molecule has 0 aromatic rings. The van der Waals surface area contributed by atoms with Gasteiger partial charge in [0.15, 0.2) is 0 Å². The van der Waals surface area contributed by atoms with E-state index in [-0.39, 0.29) is 6.10 Å². The van der Waals surface area contributed by atoms with Gasteiger partial charge in [-0.1, -0.05) is 12.2 Å². The number of carbonyl (C=O) groups is 1. The van der Waals surface area contributed by atoms with Gasteiger partial charge < -0.3 is 9.84 Å². The molecule has 0 aromatic carbocycles. The molecule has 1 fully saturated rings. The zero-order chi connectivity index (χ0) is 10.7. The summed E-state index contributed by atoms with van der Waals surface area (Å²) in [4.78, 5) is 10.5. The Morgan fingerprint density at radius 1 is 1.50 bits per heavy atom. The van der Waals surface area contributed by atoms with Gasteiger partial charge in [-0.3, -0.25) is 0 Å². The molecule has 1 rings (SSSR count). The Bertz CT molecular complexity index is 282. The number of aliphatic carboxylic acids is 1. The van der Waals surface area contributed by atoms with Gasteiger partial charge in [0.25, 0.3) is 5.85 Å². The molecule has 1 aliphatic rings. The van der Waals surface area contributed by atoms with Gasteiger partial charge in [0.1, 0.15) is 7.85 Å². The van der Waals surface area contributed by atoms with Crippen LogP contribution < -0.4 is 0 Å². The normalized spacial score (nSPS) is 28.6. The fourth-order valence-corrected chi connectivity index (χ4v) is 2.11. The minimum Gasteiger partial charge on any atom is -0.479 e. The Labute approximate surface area is 83.1 Å². The molecule has 1 aliphatic carbocycles. The number of hydrogen-bond acceptors (Lipinski definition) is 4. The van der Waals surface area contributed by atoms with Crippen molar-refractivity contribution in [2.45, 2.75) is 37.0 Å². The highest BCUT2D eigenvalue weighted by molar-refractivity contribution is 7.32. The van der Waals surface area contributed by atoms with Crippen molar-refractivity contribution in [2.24, 2.45) is 0 Å². The minimum atomic E-state index is -3.06. The molecule has 5 nitrogen and oxygen atoms in total. The Balaban J connectivity index is 2.52. The third-order valence-corrected chi connectivity index (χ3v) is 3.10. The summed E-state index contributed by atoms with van der Waals surface area (Å²) >= 11 is 0. The maximum Gasteiger partial charge on any atom is 0.357 e. The number of carboxylic acids is 1. The van der Waals surface area contributed by atoms with Crippen molar-refractivity contribution in [3.05, 3.63) is 0 Å². The first-order chi connectivity index (χ1) is 6.50. The highest BCUT2D eigenvalue weighted by Crippen LogP contribution is 2.32. The van der Waals surface area contributed by atoms with Crippen LogP contribution in [0.15, 0.2) is 0 Å². The van der Waals surface area contributed by atoms with Gasteiger partial charge in [-0.05, 0) is 12.8 Å². The van der Waals surface area contributed by atoms with E-state index in [0.717, 1.165) is 19.3 Å². The first-order valence-electron chi connectivity index (χ1n) is 4.52. The van der Waals surface area contributed by atoms with Crippen LogP contribution in [0.3, 0.4) is 0 Å². The van der Waals surface area contributed by atoms with Gasteiger partial charge in [0.2, 0.25) is 0 Å². The SMILES string of the molecule is BC1CCC(OC(C(=O)O)P(=O)=O)C1. The number of carboxylic acid groups (broad SMARTS) is 1. The number of hydrogen-bond donors (Lipinski definition) is 1. The summed E-state index contributed by atoms with van der Waals surface area (Å²) in [6, 6.07) is 0. The van der Waals surface area contributed by atoms with E-state index in [4.69, 9.17) is 9.84 Å². The molecule has 0 radical (unpaired) electrons. The van der Waals surface area contributed by atoms with E-state index in [0.29, 0.717) is 5.82 Å². The van der Waals surface area contributed by atoms with Crippen LogP contribution in [0.2, 0.25) is 5.82 Å². The van der Waals surface area contributed by atoms with Crippen molar-refractivity contribution in [2.75, 3.05) is 0 Å². The molecule has 78 valence electrons. The average molecular weight is 218 g/mol. The highest BCUT2D eigenvalue weighted by Gasteiger charge is 2.31. The summed E-state index contributed by atoms with van der Waals surface area (Å²) in [5, 5.41) is 8.56. The van der Waals surface area contributed by atoms with Crippen LogP contribution in [-0.4, -0.2) is 30.9 Å². The van der Waals surface area contributed by atoms with Gasteiger partial charge in [0, 0.05) is 0 Å². The first-order valence-corrected chi connectivity index (χ1v) is 5.77. The van der Waals surface area contributed by atoms with Crippen molar-refractivity contribution in [3.8, 4) is 0 Å². The van der Waals surface area contributed by atoms with Crippen molar-refractivity contribution >= 4 is 21.5 Å². The second kappa shape index (κ2) is 4.76. The second-order valence-electron chi connectivity index (χ2n) is 3.65. The molecule has 0 aliphatic heterocycles. The summed E-state index contributed by atoms with van der Waals surface area (Å²) in [5.41, 5.74) is 0. The average Bonchev–Trinajstić information content (AvgIpc) is 2.46. The van der Waals surface area contributed by atoms with E-state index < -0.39 is 19.5 Å². The molecule has 0 bridgehead atoms. The van der Waals surface area contributed by atoms with Crippen LogP contribution in [0.25, 0.3) is 0 Å². The Morgan fingerprint density at radius 3 is 2.50 bits per heavy atom. The van der Waals surface area contributed by atoms with Crippen LogP contribution in [0, 0.1) is 0 Å². The van der Waals surface area contributed by atoms with Crippen LogP contribution in [0.5, 0.6) is 0 Å². The lowest BCUT2D eigenvalue weighted by Crippen LogP contribution is -2.23. The molecule has 3 atom stereocenters. The molecule has 14 heavy (non-hydrogen) atoms. The van der Waals surface area contributed by atoms with Gasteiger partial charge in [0.05, 0.1) is 6.10 Å². The molecular weight excluding hydrogens is 206 g/mol. The predicted molar refractivity (Wildman–Crippen MR) is 50.7 cm³/mol. The smallest absolute Gasteiger partial charge is 0.357 e. The van der Waals surface area contributed by atoms with Crippen LogP contribution in [-0.2, 0) is 18.7 Å². The molecule has 0 saturated heterocycles. The van der Waals surface area contributed by atoms with E-state index in [9.17, 15) is 13.9 Å². The van der Waals surface area contributed by atoms with Gasteiger partial charge in [-0.15, -0.1) is 0 Å². The Kier molecular flexibility index (Phi) is 3.90. The third-order valence-electron chi connectivity index (χ3n) is 2.37. The summed E-state index contributed by atoms with van der Waals surface area (Å²) in [6.45, 7) is 0. The number of ether oxygens (including phenoxy) is 1. The Hall–Kier alpha value is -0.605. The molecule has 7 heteroatoms. The lowest BCUT2D eigenvalue weighted by atomic mass is 9.86. The van der Waals surface area contributed by atoms with E-state index >= 15 is 0 Å². The third kappa shape index (κ3) is 2.96. The molecular formula is C7H12BO5P. The van der Waals surface area contributed by atoms with Crippen LogP contribution in [0.1, 0.15) is 19.3 Å². The van der Waals surface area contributed by atoms with E-state index in [1.807, 2.05) is 7.85 Å². The zero-order valence-corrected chi connectivity index (χ0v) is 8.78. The van der Waals surface area contributed by atoms with Crippen LogP contribution in [0.4, 0.5) is 0 Å². The van der Waals surface area contributed by atoms with Gasteiger partial charge in [-0.25, -0.2) is 13.9 Å². The highest BCUT2D eigenvalue weighted by atomic mass is 31.1. The molecule has 0 heterocycles. The predicted octanol–water partition coefficient (Wildman–Crippen LogP) is 0.561. The van der Waals surface area contributed by atoms with Crippen molar-refractivity contribution < 1.29 is 23.8 Å². The minimum absolute atomic E-state index is 0.223. The fourth-order valence-electron chi connectivity index (χ4n) is 1.66. The molecule has 0 spiro atoms.